The van der Waals surface area contributed by atoms with Gasteiger partial charge >= 0.3 is 11.9 Å². The van der Waals surface area contributed by atoms with Crippen molar-refractivity contribution >= 4 is 23.9 Å². The highest BCUT2D eigenvalue weighted by atomic mass is 16.5. The molecular weight excluding hydrogens is 606 g/mol. The number of guanidine groups is 2. The fourth-order valence-electron chi connectivity index (χ4n) is 6.03. The molecule has 0 spiro atoms. The fourth-order valence-corrected chi connectivity index (χ4v) is 6.03. The summed E-state index contributed by atoms with van der Waals surface area (Å²) in [6.45, 7) is 17.7. The van der Waals surface area contributed by atoms with Crippen molar-refractivity contribution in [2.75, 3.05) is 14.1 Å². The number of esters is 1. The molecule has 1 aromatic rings. The smallest absolute Gasteiger partial charge is 0.335 e. The molecule has 0 bridgehead atoms. The number of rotatable bonds is 16. The third-order valence-corrected chi connectivity index (χ3v) is 9.25. The van der Waals surface area contributed by atoms with Crippen LogP contribution in [0.1, 0.15) is 128 Å². The van der Waals surface area contributed by atoms with Gasteiger partial charge in [-0.2, -0.15) is 4.99 Å². The van der Waals surface area contributed by atoms with Gasteiger partial charge in [-0.05, 0) is 87.8 Å². The van der Waals surface area contributed by atoms with Crippen LogP contribution >= 0.6 is 0 Å². The molecule has 0 saturated carbocycles. The molecule has 1 aliphatic rings. The summed E-state index contributed by atoms with van der Waals surface area (Å²) in [6, 6.07) is 0. The van der Waals surface area contributed by atoms with E-state index in [0.717, 1.165) is 65.0 Å². The first-order valence-electron chi connectivity index (χ1n) is 17.6. The first-order valence-corrected chi connectivity index (χ1v) is 17.6. The number of ether oxygens (including phenoxy) is 2. The van der Waals surface area contributed by atoms with E-state index in [4.69, 9.17) is 31.5 Å². The van der Waals surface area contributed by atoms with Crippen molar-refractivity contribution in [3.63, 3.8) is 0 Å². The first kappa shape index (κ1) is 42.5. The second kappa shape index (κ2) is 20.7. The van der Waals surface area contributed by atoms with Gasteiger partial charge in [0.2, 0.25) is 5.96 Å². The lowest BCUT2D eigenvalue weighted by Crippen LogP contribution is -2.37. The van der Waals surface area contributed by atoms with Gasteiger partial charge in [0.25, 0.3) is 0 Å². The van der Waals surface area contributed by atoms with Crippen LogP contribution in [0.5, 0.6) is 11.5 Å². The van der Waals surface area contributed by atoms with Gasteiger partial charge in [0.05, 0.1) is 6.42 Å². The lowest BCUT2D eigenvalue weighted by atomic mass is 9.83. The van der Waals surface area contributed by atoms with Gasteiger partial charge in [-0.3, -0.25) is 10.2 Å². The summed E-state index contributed by atoms with van der Waals surface area (Å²) in [5, 5.41) is 15.8. The Bertz CT molecular complexity index is 1270. The molecule has 0 aromatic heterocycles. The zero-order valence-electron chi connectivity index (χ0n) is 31.5. The number of carboxylic acid groups (broad SMARTS) is 1. The van der Waals surface area contributed by atoms with Crippen LogP contribution in [0.2, 0.25) is 0 Å². The van der Waals surface area contributed by atoms with Gasteiger partial charge in [-0.25, -0.2) is 4.79 Å². The third kappa shape index (κ3) is 15.6. The Hall–Kier alpha value is -3.56. The maximum Gasteiger partial charge on any atom is 0.335 e. The molecule has 0 saturated heterocycles. The molecule has 10 nitrogen and oxygen atoms in total. The van der Waals surface area contributed by atoms with Crippen molar-refractivity contribution in [2.45, 2.75) is 138 Å². The number of carboxylic acids is 1. The molecule has 0 aliphatic carbocycles. The van der Waals surface area contributed by atoms with Crippen LogP contribution < -0.4 is 20.9 Å². The number of hydrogen-bond donors (Lipinski definition) is 4. The second-order valence-electron chi connectivity index (χ2n) is 14.6. The molecule has 1 heterocycles. The molecule has 1 aromatic carbocycles. The molecule has 10 heteroatoms. The Balaban J connectivity index is 0.00000112. The van der Waals surface area contributed by atoms with E-state index < -0.39 is 11.9 Å². The van der Waals surface area contributed by atoms with Crippen molar-refractivity contribution in [2.24, 2.45) is 34.2 Å². The van der Waals surface area contributed by atoms with Crippen LogP contribution in [0.25, 0.3) is 0 Å². The summed E-state index contributed by atoms with van der Waals surface area (Å²) in [4.78, 5) is 27.9. The van der Waals surface area contributed by atoms with E-state index >= 15 is 0 Å². The maximum absolute atomic E-state index is 12.3. The SMILES string of the molecule is CN(C)C(=N)N=C(N)N.Cc1c(C)c2c(c(C)c1OC(=O)/C=C\CC(=O)O)CCC(C)(CCCC(C)CCCC(C)CCCC(C)C)O2. The molecule has 1 aliphatic heterocycles. The number of aliphatic carboxylic acids is 1. The zero-order chi connectivity index (χ0) is 36.6. The highest BCUT2D eigenvalue weighted by molar-refractivity contribution is 5.91. The molecule has 3 unspecified atom stereocenters. The number of benzene rings is 1. The Morgan fingerprint density at radius 1 is 0.979 bits per heavy atom. The Morgan fingerprint density at radius 3 is 2.04 bits per heavy atom. The summed E-state index contributed by atoms with van der Waals surface area (Å²) in [7, 11) is 3.38. The van der Waals surface area contributed by atoms with Gasteiger partial charge in [0, 0.05) is 25.7 Å². The molecule has 48 heavy (non-hydrogen) atoms. The van der Waals surface area contributed by atoms with Crippen LogP contribution in [0, 0.1) is 43.9 Å². The largest absolute Gasteiger partial charge is 0.487 e. The monoisotopic (exact) mass is 671 g/mol. The topological polar surface area (TPSA) is 164 Å². The number of nitrogens with one attached hydrogen (secondary N) is 1. The quantitative estimate of drug-likeness (QED) is 0.0454. The Labute approximate surface area is 290 Å². The van der Waals surface area contributed by atoms with Crippen molar-refractivity contribution < 1.29 is 24.2 Å². The third-order valence-electron chi connectivity index (χ3n) is 9.25. The van der Waals surface area contributed by atoms with Gasteiger partial charge in [0.15, 0.2) is 5.96 Å². The van der Waals surface area contributed by atoms with E-state index in [-0.39, 0.29) is 23.9 Å². The van der Waals surface area contributed by atoms with E-state index in [1.165, 1.54) is 68.4 Å². The number of nitrogens with zero attached hydrogens (tertiary/aromatic N) is 2. The average molecular weight is 672 g/mol. The van der Waals surface area contributed by atoms with E-state index in [1.807, 2.05) is 20.8 Å². The number of hydrogen-bond acceptors (Lipinski definition) is 5. The predicted octanol–water partition coefficient (Wildman–Crippen LogP) is 7.83. The fraction of sp³-hybridized carbons (Fsp3) is 0.684. The molecule has 0 amide bonds. The minimum atomic E-state index is -0.983. The van der Waals surface area contributed by atoms with Crippen molar-refractivity contribution in [1.29, 1.82) is 5.41 Å². The molecule has 2 rings (SSSR count). The van der Waals surface area contributed by atoms with E-state index in [1.54, 1.807) is 14.1 Å². The van der Waals surface area contributed by atoms with Crippen LogP contribution in [0.3, 0.4) is 0 Å². The summed E-state index contributed by atoms with van der Waals surface area (Å²) < 4.78 is 12.3. The van der Waals surface area contributed by atoms with Crippen LogP contribution in [-0.2, 0) is 16.0 Å². The van der Waals surface area contributed by atoms with Crippen molar-refractivity contribution in [3.8, 4) is 11.5 Å². The summed E-state index contributed by atoms with van der Waals surface area (Å²) in [5.41, 5.74) is 13.7. The molecule has 6 N–H and O–H groups in total. The van der Waals surface area contributed by atoms with Gasteiger partial charge in [0.1, 0.15) is 17.1 Å². The maximum atomic E-state index is 12.3. The highest BCUT2D eigenvalue weighted by Gasteiger charge is 2.34. The molecule has 272 valence electrons. The Morgan fingerprint density at radius 2 is 1.54 bits per heavy atom. The minimum absolute atomic E-state index is 0.0509. The number of nitrogens with two attached hydrogens (primary N) is 2. The van der Waals surface area contributed by atoms with Crippen LogP contribution in [-0.4, -0.2) is 53.6 Å². The summed E-state index contributed by atoms with van der Waals surface area (Å²) >= 11 is 0. The number of aliphatic imine (C=N–C) groups is 1. The van der Waals surface area contributed by atoms with Gasteiger partial charge in [-0.15, -0.1) is 0 Å². The second-order valence-corrected chi connectivity index (χ2v) is 14.6. The Kier molecular flexibility index (Phi) is 18.3. The zero-order valence-corrected chi connectivity index (χ0v) is 31.5. The lowest BCUT2D eigenvalue weighted by molar-refractivity contribution is -0.136. The first-order chi connectivity index (χ1) is 22.4. The van der Waals surface area contributed by atoms with Crippen molar-refractivity contribution in [1.82, 2.24) is 4.90 Å². The van der Waals surface area contributed by atoms with Gasteiger partial charge < -0.3 is 30.9 Å². The van der Waals surface area contributed by atoms with Crippen molar-refractivity contribution in [3.05, 3.63) is 34.4 Å². The summed E-state index contributed by atoms with van der Waals surface area (Å²) in [6.07, 6.45) is 15.7. The average Bonchev–Trinajstić information content (AvgIpc) is 2.97. The molecular formula is C38H65N5O5. The lowest BCUT2D eigenvalue weighted by Gasteiger charge is -2.38. The van der Waals surface area contributed by atoms with E-state index in [9.17, 15) is 9.59 Å². The van der Waals surface area contributed by atoms with Crippen LogP contribution in [0.15, 0.2) is 17.1 Å². The molecule has 0 radical (unpaired) electrons. The van der Waals surface area contributed by atoms with E-state index in [2.05, 4.69) is 39.6 Å². The molecule has 3 atom stereocenters. The normalized spacial score (nSPS) is 16.6. The standard InChI is InChI=1S/C34H54O5.C4H11N5/c1-23(2)13-9-14-24(3)15-10-16-25(4)17-12-21-34(8)22-20-29-28(7)32(26(5)27(6)33(29)39-34)38-31(37)19-11-18-30(35)36;1-9(2)4(7)8-3(5)6/h11,19,23-25H,9-10,12-18,20-22H2,1-8H3,(H,35,36);1-2H3,(H5,5,6,7,8)/b19-11-;. The van der Waals surface area contributed by atoms with Gasteiger partial charge in [-0.1, -0.05) is 78.7 Å². The molecule has 0 fully saturated rings. The number of carbonyl (C=O) groups excluding carboxylic acids is 1. The predicted molar refractivity (Wildman–Crippen MR) is 197 cm³/mol. The highest BCUT2D eigenvalue weighted by Crippen LogP contribution is 2.45. The minimum Gasteiger partial charge on any atom is -0.487 e. The number of carbonyl (C=O) groups is 2. The number of fused-ring (bicyclic) bond motifs is 1. The van der Waals surface area contributed by atoms with Crippen LogP contribution in [0.4, 0.5) is 0 Å². The van der Waals surface area contributed by atoms with E-state index in [0.29, 0.717) is 5.75 Å². The summed E-state index contributed by atoms with van der Waals surface area (Å²) in [5.74, 6) is 2.34.